The zero-order valence-electron chi connectivity index (χ0n) is 9.79. The third kappa shape index (κ3) is 3.20. The van der Waals surface area contributed by atoms with Crippen molar-refractivity contribution >= 4 is 0 Å². The van der Waals surface area contributed by atoms with Crippen LogP contribution in [0.2, 0.25) is 0 Å². The van der Waals surface area contributed by atoms with E-state index in [9.17, 15) is 4.79 Å². The van der Waals surface area contributed by atoms with Gasteiger partial charge in [0.2, 0.25) is 0 Å². The van der Waals surface area contributed by atoms with Gasteiger partial charge in [0.1, 0.15) is 0 Å². The van der Waals surface area contributed by atoms with Gasteiger partial charge in [0.15, 0.2) is 0 Å². The number of aryl methyl sites for hydroxylation is 2. The van der Waals surface area contributed by atoms with Gasteiger partial charge in [0.05, 0.1) is 0 Å². The molecule has 0 atom stereocenters. The molecule has 1 heterocycles. The van der Waals surface area contributed by atoms with Crippen molar-refractivity contribution < 1.29 is 0 Å². The lowest BCUT2D eigenvalue weighted by Crippen LogP contribution is -2.28. The Labute approximate surface area is 90.9 Å². The van der Waals surface area contributed by atoms with Crippen molar-refractivity contribution in [3.8, 4) is 0 Å². The Hall–Kier alpha value is -1.09. The molecule has 3 heteroatoms. The predicted molar refractivity (Wildman–Crippen MR) is 62.9 cm³/mol. The number of nitrogens with two attached hydrogens (primary N) is 1. The molecule has 1 aromatic rings. The van der Waals surface area contributed by atoms with Crippen molar-refractivity contribution in [3.63, 3.8) is 0 Å². The quantitative estimate of drug-likeness (QED) is 0.815. The van der Waals surface area contributed by atoms with E-state index in [4.69, 9.17) is 5.73 Å². The molecule has 0 bridgehead atoms. The average molecular weight is 208 g/mol. The Morgan fingerprint density at radius 3 is 2.73 bits per heavy atom. The van der Waals surface area contributed by atoms with Crippen LogP contribution < -0.4 is 11.3 Å². The maximum absolute atomic E-state index is 11.7. The van der Waals surface area contributed by atoms with Crippen LogP contribution >= 0.6 is 0 Å². The van der Waals surface area contributed by atoms with Crippen LogP contribution in [0.4, 0.5) is 0 Å². The van der Waals surface area contributed by atoms with Gasteiger partial charge in [-0.3, -0.25) is 4.79 Å². The van der Waals surface area contributed by atoms with E-state index in [0.29, 0.717) is 6.54 Å². The van der Waals surface area contributed by atoms with Gasteiger partial charge in [0, 0.05) is 18.3 Å². The highest BCUT2D eigenvalue weighted by molar-refractivity contribution is 5.07. The highest BCUT2D eigenvalue weighted by Crippen LogP contribution is 2.18. The molecule has 0 radical (unpaired) electrons. The lowest BCUT2D eigenvalue weighted by atomic mass is 9.89. The van der Waals surface area contributed by atoms with Crippen LogP contribution in [0.25, 0.3) is 0 Å². The summed E-state index contributed by atoms with van der Waals surface area (Å²) in [5.41, 5.74) is 6.65. The summed E-state index contributed by atoms with van der Waals surface area (Å²) in [6, 6.07) is 3.75. The summed E-state index contributed by atoms with van der Waals surface area (Å²) >= 11 is 0. The first-order valence-corrected chi connectivity index (χ1v) is 5.32. The van der Waals surface area contributed by atoms with Crippen molar-refractivity contribution in [3.05, 3.63) is 34.2 Å². The SMILES string of the molecule is Cc1cccn(CCC(C)(C)CN)c1=O. The molecule has 0 aromatic carbocycles. The van der Waals surface area contributed by atoms with Crippen LogP contribution in [0.3, 0.4) is 0 Å². The lowest BCUT2D eigenvalue weighted by molar-refractivity contribution is 0.322. The lowest BCUT2D eigenvalue weighted by Gasteiger charge is -2.22. The summed E-state index contributed by atoms with van der Waals surface area (Å²) in [6.07, 6.45) is 2.76. The number of pyridine rings is 1. The van der Waals surface area contributed by atoms with Gasteiger partial charge >= 0.3 is 0 Å². The molecule has 0 saturated carbocycles. The molecule has 0 saturated heterocycles. The zero-order valence-corrected chi connectivity index (χ0v) is 9.79. The predicted octanol–water partition coefficient (Wildman–Crippen LogP) is 1.53. The molecule has 84 valence electrons. The smallest absolute Gasteiger partial charge is 0.253 e. The molecule has 0 aliphatic carbocycles. The second kappa shape index (κ2) is 4.62. The Morgan fingerprint density at radius 2 is 2.13 bits per heavy atom. The Kier molecular flexibility index (Phi) is 3.69. The van der Waals surface area contributed by atoms with Crippen LogP contribution in [-0.4, -0.2) is 11.1 Å². The Bertz CT molecular complexity index is 379. The van der Waals surface area contributed by atoms with E-state index in [1.165, 1.54) is 0 Å². The standard InChI is InChI=1S/C12H20N2O/c1-10-5-4-7-14(11(10)15)8-6-12(2,3)9-13/h4-5,7H,6,8-9,13H2,1-3H3. The molecule has 0 spiro atoms. The van der Waals surface area contributed by atoms with Gasteiger partial charge in [0.25, 0.3) is 5.56 Å². The monoisotopic (exact) mass is 208 g/mol. The summed E-state index contributed by atoms with van der Waals surface area (Å²) in [5, 5.41) is 0. The second-order valence-electron chi connectivity index (χ2n) is 4.81. The highest BCUT2D eigenvalue weighted by Gasteiger charge is 2.15. The van der Waals surface area contributed by atoms with Gasteiger partial charge in [-0.25, -0.2) is 0 Å². The van der Waals surface area contributed by atoms with Crippen LogP contribution in [0, 0.1) is 12.3 Å². The minimum Gasteiger partial charge on any atom is -0.330 e. The zero-order chi connectivity index (χ0) is 11.5. The number of aromatic nitrogens is 1. The molecule has 3 nitrogen and oxygen atoms in total. The topological polar surface area (TPSA) is 48.0 Å². The minimum atomic E-state index is 0.100. The maximum Gasteiger partial charge on any atom is 0.253 e. The van der Waals surface area contributed by atoms with E-state index in [2.05, 4.69) is 13.8 Å². The van der Waals surface area contributed by atoms with Gasteiger partial charge < -0.3 is 10.3 Å². The first-order valence-electron chi connectivity index (χ1n) is 5.32. The van der Waals surface area contributed by atoms with Crippen LogP contribution in [0.15, 0.2) is 23.1 Å². The Balaban J connectivity index is 2.75. The summed E-state index contributed by atoms with van der Waals surface area (Å²) in [6.45, 7) is 7.47. The summed E-state index contributed by atoms with van der Waals surface area (Å²) in [5.74, 6) is 0. The van der Waals surface area contributed by atoms with Gasteiger partial charge in [-0.05, 0) is 31.4 Å². The van der Waals surface area contributed by atoms with Crippen LogP contribution in [-0.2, 0) is 6.54 Å². The summed E-state index contributed by atoms with van der Waals surface area (Å²) in [4.78, 5) is 11.7. The van der Waals surface area contributed by atoms with E-state index in [1.54, 1.807) is 4.57 Å². The normalized spacial score (nSPS) is 11.7. The van der Waals surface area contributed by atoms with E-state index in [0.717, 1.165) is 18.5 Å². The van der Waals surface area contributed by atoms with E-state index >= 15 is 0 Å². The van der Waals surface area contributed by atoms with Crippen molar-refractivity contribution in [1.82, 2.24) is 4.57 Å². The molecule has 0 fully saturated rings. The average Bonchev–Trinajstić information content (AvgIpc) is 2.20. The number of hydrogen-bond donors (Lipinski definition) is 1. The fraction of sp³-hybridized carbons (Fsp3) is 0.583. The minimum absolute atomic E-state index is 0.100. The molecular formula is C12H20N2O. The van der Waals surface area contributed by atoms with Gasteiger partial charge in [-0.2, -0.15) is 0 Å². The third-order valence-corrected chi connectivity index (χ3v) is 2.79. The van der Waals surface area contributed by atoms with Gasteiger partial charge in [-0.15, -0.1) is 0 Å². The summed E-state index contributed by atoms with van der Waals surface area (Å²) in [7, 11) is 0. The largest absolute Gasteiger partial charge is 0.330 e. The molecular weight excluding hydrogens is 188 g/mol. The molecule has 0 unspecified atom stereocenters. The van der Waals surface area contributed by atoms with Crippen LogP contribution in [0.1, 0.15) is 25.8 Å². The second-order valence-corrected chi connectivity index (χ2v) is 4.81. The molecule has 0 aliphatic heterocycles. The molecule has 2 N–H and O–H groups in total. The van der Waals surface area contributed by atoms with Crippen LogP contribution in [0.5, 0.6) is 0 Å². The molecule has 0 aliphatic rings. The summed E-state index contributed by atoms with van der Waals surface area (Å²) < 4.78 is 1.76. The maximum atomic E-state index is 11.7. The third-order valence-electron chi connectivity index (χ3n) is 2.79. The van der Waals surface area contributed by atoms with E-state index in [-0.39, 0.29) is 11.0 Å². The van der Waals surface area contributed by atoms with E-state index < -0.39 is 0 Å². The van der Waals surface area contributed by atoms with E-state index in [1.807, 2.05) is 25.3 Å². The molecule has 0 amide bonds. The van der Waals surface area contributed by atoms with Crippen molar-refractivity contribution in [2.75, 3.05) is 6.54 Å². The number of nitrogens with zero attached hydrogens (tertiary/aromatic N) is 1. The molecule has 15 heavy (non-hydrogen) atoms. The van der Waals surface area contributed by atoms with Crippen molar-refractivity contribution in [1.29, 1.82) is 0 Å². The van der Waals surface area contributed by atoms with Crippen molar-refractivity contribution in [2.24, 2.45) is 11.1 Å². The molecule has 1 rings (SSSR count). The first kappa shape index (κ1) is 12.0. The molecule has 1 aromatic heterocycles. The van der Waals surface area contributed by atoms with Gasteiger partial charge in [-0.1, -0.05) is 19.9 Å². The fourth-order valence-electron chi connectivity index (χ4n) is 1.36. The first-order chi connectivity index (χ1) is 6.96. The Morgan fingerprint density at radius 1 is 1.47 bits per heavy atom. The van der Waals surface area contributed by atoms with Crippen molar-refractivity contribution in [2.45, 2.75) is 33.7 Å². The fourth-order valence-corrected chi connectivity index (χ4v) is 1.36. The highest BCUT2D eigenvalue weighted by atomic mass is 16.1. The number of hydrogen-bond acceptors (Lipinski definition) is 2. The number of rotatable bonds is 4.